The van der Waals surface area contributed by atoms with E-state index in [0.29, 0.717) is 18.2 Å². The lowest BCUT2D eigenvalue weighted by atomic mass is 9.95. The Bertz CT molecular complexity index is 706. The summed E-state index contributed by atoms with van der Waals surface area (Å²) in [6.45, 7) is 4.36. The van der Waals surface area contributed by atoms with Crippen molar-refractivity contribution in [2.45, 2.75) is 32.2 Å². The molecule has 0 bridgehead atoms. The normalized spacial score (nSPS) is 17.7. The fourth-order valence-corrected chi connectivity index (χ4v) is 3.13. The zero-order chi connectivity index (χ0) is 15.2. The molecule has 3 N–H and O–H groups in total. The lowest BCUT2D eigenvalue weighted by molar-refractivity contribution is 0.0870. The number of furan rings is 1. The molecule has 1 fully saturated rings. The smallest absolute Gasteiger partial charge is 0.287 e. The number of nitrogens with one attached hydrogen (secondary N) is 1. The molecule has 2 aromatic rings. The summed E-state index contributed by atoms with van der Waals surface area (Å²) in [6, 6.07) is 5.74. The monoisotopic (exact) mass is 350 g/mol. The Morgan fingerprint density at radius 3 is 2.86 bits per heavy atom. The second-order valence-electron chi connectivity index (χ2n) is 6.05. The van der Waals surface area contributed by atoms with Gasteiger partial charge in [0.25, 0.3) is 5.91 Å². The first-order chi connectivity index (χ1) is 9.94. The van der Waals surface area contributed by atoms with Crippen LogP contribution in [0.4, 0.5) is 0 Å². The van der Waals surface area contributed by atoms with E-state index in [-0.39, 0.29) is 11.4 Å². The predicted molar refractivity (Wildman–Crippen MR) is 86.3 cm³/mol. The van der Waals surface area contributed by atoms with Crippen LogP contribution in [0.25, 0.3) is 11.0 Å². The third-order valence-electron chi connectivity index (χ3n) is 4.41. The number of aryl methyl sites for hydroxylation is 1. The van der Waals surface area contributed by atoms with Crippen LogP contribution in [0.15, 0.2) is 27.1 Å². The van der Waals surface area contributed by atoms with Gasteiger partial charge in [-0.05, 0) is 50.8 Å². The average Bonchev–Trinajstić information content (AvgIpc) is 3.26. The summed E-state index contributed by atoms with van der Waals surface area (Å²) in [5.41, 5.74) is 7.10. The molecule has 1 atom stereocenters. The summed E-state index contributed by atoms with van der Waals surface area (Å²) < 4.78 is 6.70. The van der Waals surface area contributed by atoms with Crippen LogP contribution in [-0.4, -0.2) is 18.0 Å². The van der Waals surface area contributed by atoms with Gasteiger partial charge in [0.05, 0.1) is 5.54 Å². The topological polar surface area (TPSA) is 68.3 Å². The highest BCUT2D eigenvalue weighted by Crippen LogP contribution is 2.39. The van der Waals surface area contributed by atoms with E-state index in [4.69, 9.17) is 10.2 Å². The molecule has 1 aliphatic rings. The molecule has 0 spiro atoms. The van der Waals surface area contributed by atoms with Crippen LogP contribution in [0.2, 0.25) is 0 Å². The van der Waals surface area contributed by atoms with Gasteiger partial charge in [-0.15, -0.1) is 0 Å². The molecule has 4 nitrogen and oxygen atoms in total. The SMILES string of the molecule is Cc1c(C(=O)NC(C)(CN)C2CC2)oc2ccc(Br)cc12. The van der Waals surface area contributed by atoms with Crippen LogP contribution in [0.3, 0.4) is 0 Å². The van der Waals surface area contributed by atoms with Crippen LogP contribution < -0.4 is 11.1 Å². The minimum Gasteiger partial charge on any atom is -0.451 e. The van der Waals surface area contributed by atoms with Gasteiger partial charge in [0.15, 0.2) is 5.76 Å². The Balaban J connectivity index is 1.92. The number of carbonyl (C=O) groups excluding carboxylic acids is 1. The van der Waals surface area contributed by atoms with E-state index in [0.717, 1.165) is 33.8 Å². The van der Waals surface area contributed by atoms with E-state index in [9.17, 15) is 4.79 Å². The van der Waals surface area contributed by atoms with Gasteiger partial charge in [0.2, 0.25) is 0 Å². The zero-order valence-corrected chi connectivity index (χ0v) is 13.8. The number of fused-ring (bicyclic) bond motifs is 1. The number of benzene rings is 1. The van der Waals surface area contributed by atoms with Gasteiger partial charge >= 0.3 is 0 Å². The molecule has 21 heavy (non-hydrogen) atoms. The van der Waals surface area contributed by atoms with Gasteiger partial charge in [-0.1, -0.05) is 15.9 Å². The molecule has 1 heterocycles. The lowest BCUT2D eigenvalue weighted by Gasteiger charge is -2.29. The van der Waals surface area contributed by atoms with Gasteiger partial charge in [-0.2, -0.15) is 0 Å². The van der Waals surface area contributed by atoms with Crippen molar-refractivity contribution in [3.05, 3.63) is 34.0 Å². The van der Waals surface area contributed by atoms with Crippen molar-refractivity contribution in [1.29, 1.82) is 0 Å². The fraction of sp³-hybridized carbons (Fsp3) is 0.438. The van der Waals surface area contributed by atoms with E-state index in [1.807, 2.05) is 32.0 Å². The van der Waals surface area contributed by atoms with Crippen LogP contribution in [-0.2, 0) is 0 Å². The highest BCUT2D eigenvalue weighted by molar-refractivity contribution is 9.10. The second-order valence-corrected chi connectivity index (χ2v) is 6.96. The van der Waals surface area contributed by atoms with Crippen molar-refractivity contribution >= 4 is 32.8 Å². The van der Waals surface area contributed by atoms with Gasteiger partial charge in [-0.25, -0.2) is 0 Å². The van der Waals surface area contributed by atoms with Crippen molar-refractivity contribution in [2.75, 3.05) is 6.54 Å². The van der Waals surface area contributed by atoms with Crippen molar-refractivity contribution in [3.63, 3.8) is 0 Å². The number of nitrogens with two attached hydrogens (primary N) is 1. The highest BCUT2D eigenvalue weighted by atomic mass is 79.9. The predicted octanol–water partition coefficient (Wildman–Crippen LogP) is 3.36. The van der Waals surface area contributed by atoms with Crippen molar-refractivity contribution < 1.29 is 9.21 Å². The van der Waals surface area contributed by atoms with E-state index >= 15 is 0 Å². The molecule has 1 aliphatic carbocycles. The molecule has 112 valence electrons. The van der Waals surface area contributed by atoms with Gasteiger partial charge in [0.1, 0.15) is 5.58 Å². The Hall–Kier alpha value is -1.33. The minimum atomic E-state index is -0.344. The molecular formula is C16H19BrN2O2. The molecule has 1 aromatic carbocycles. The third kappa shape index (κ3) is 2.60. The van der Waals surface area contributed by atoms with Crippen molar-refractivity contribution in [1.82, 2.24) is 5.32 Å². The average molecular weight is 351 g/mol. The van der Waals surface area contributed by atoms with Crippen LogP contribution in [0.5, 0.6) is 0 Å². The molecule has 0 radical (unpaired) electrons. The molecule has 3 rings (SSSR count). The van der Waals surface area contributed by atoms with Gasteiger partial charge < -0.3 is 15.5 Å². The maximum Gasteiger partial charge on any atom is 0.287 e. The van der Waals surface area contributed by atoms with Crippen LogP contribution >= 0.6 is 15.9 Å². The molecule has 0 saturated heterocycles. The maximum atomic E-state index is 12.6. The molecule has 0 aliphatic heterocycles. The first kappa shape index (κ1) is 14.6. The molecule has 1 unspecified atom stereocenters. The Kier molecular flexibility index (Phi) is 3.58. The molecule has 1 saturated carbocycles. The molecule has 1 amide bonds. The number of amides is 1. The number of hydrogen-bond acceptors (Lipinski definition) is 3. The second kappa shape index (κ2) is 5.14. The summed E-state index contributed by atoms with van der Waals surface area (Å²) in [4.78, 5) is 12.6. The quantitative estimate of drug-likeness (QED) is 0.888. The number of hydrogen-bond donors (Lipinski definition) is 2. The standard InChI is InChI=1S/C16H19BrN2O2/c1-9-12-7-11(17)5-6-13(12)21-14(9)15(20)19-16(2,8-18)10-3-4-10/h5-7,10H,3-4,8,18H2,1-2H3,(H,19,20). The van der Waals surface area contributed by atoms with Crippen molar-refractivity contribution in [2.24, 2.45) is 11.7 Å². The molecule has 5 heteroatoms. The molecular weight excluding hydrogens is 332 g/mol. The van der Waals surface area contributed by atoms with E-state index in [1.54, 1.807) is 0 Å². The lowest BCUT2D eigenvalue weighted by Crippen LogP contribution is -2.53. The summed E-state index contributed by atoms with van der Waals surface area (Å²) in [5.74, 6) is 0.674. The first-order valence-corrected chi connectivity index (χ1v) is 7.95. The summed E-state index contributed by atoms with van der Waals surface area (Å²) in [6.07, 6.45) is 2.25. The van der Waals surface area contributed by atoms with E-state index < -0.39 is 0 Å². The van der Waals surface area contributed by atoms with E-state index in [2.05, 4.69) is 21.2 Å². The number of carbonyl (C=O) groups is 1. The Labute approximate surface area is 132 Å². The van der Waals surface area contributed by atoms with Crippen molar-refractivity contribution in [3.8, 4) is 0 Å². The highest BCUT2D eigenvalue weighted by Gasteiger charge is 2.42. The number of rotatable bonds is 4. The third-order valence-corrected chi connectivity index (χ3v) is 4.90. The number of halogens is 1. The van der Waals surface area contributed by atoms with Gasteiger partial charge in [0, 0.05) is 22.0 Å². The van der Waals surface area contributed by atoms with Crippen LogP contribution in [0.1, 0.15) is 35.9 Å². The Morgan fingerprint density at radius 1 is 1.52 bits per heavy atom. The summed E-state index contributed by atoms with van der Waals surface area (Å²) >= 11 is 3.44. The fourth-order valence-electron chi connectivity index (χ4n) is 2.77. The van der Waals surface area contributed by atoms with Gasteiger partial charge in [-0.3, -0.25) is 4.79 Å². The molecule has 1 aromatic heterocycles. The largest absolute Gasteiger partial charge is 0.451 e. The maximum absolute atomic E-state index is 12.6. The van der Waals surface area contributed by atoms with E-state index in [1.165, 1.54) is 0 Å². The Morgan fingerprint density at radius 2 is 2.24 bits per heavy atom. The van der Waals surface area contributed by atoms with Crippen LogP contribution in [0, 0.1) is 12.8 Å². The first-order valence-electron chi connectivity index (χ1n) is 7.16. The summed E-state index contributed by atoms with van der Waals surface area (Å²) in [7, 11) is 0. The summed E-state index contributed by atoms with van der Waals surface area (Å²) in [5, 5.41) is 4.02. The minimum absolute atomic E-state index is 0.181. The zero-order valence-electron chi connectivity index (χ0n) is 12.2.